The number of carbonyl (C=O) groups excluding carboxylic acids is 1. The number of ether oxygens (including phenoxy) is 1. The summed E-state index contributed by atoms with van der Waals surface area (Å²) in [4.78, 5) is 27.4. The molecular formula is C36H42N6O2. The molecule has 6 rings (SSSR count). The van der Waals surface area contributed by atoms with Crippen LogP contribution in [0.1, 0.15) is 41.5 Å². The first-order valence-electron chi connectivity index (χ1n) is 15.8. The Balaban J connectivity index is 1.09. The molecule has 8 nitrogen and oxygen atoms in total. The number of amides is 1. The van der Waals surface area contributed by atoms with Crippen molar-refractivity contribution in [3.8, 4) is 17.0 Å². The zero-order valence-electron chi connectivity index (χ0n) is 25.8. The third kappa shape index (κ3) is 7.09. The van der Waals surface area contributed by atoms with Gasteiger partial charge in [-0.3, -0.25) is 4.79 Å². The zero-order chi connectivity index (χ0) is 30.3. The topological polar surface area (TPSA) is 82.6 Å². The molecule has 3 aromatic carbocycles. The Morgan fingerprint density at radius 1 is 0.977 bits per heavy atom. The molecule has 228 valence electrons. The van der Waals surface area contributed by atoms with E-state index in [1.807, 2.05) is 49.5 Å². The molecule has 4 aromatic rings. The predicted molar refractivity (Wildman–Crippen MR) is 176 cm³/mol. The molecule has 0 bridgehead atoms. The number of rotatable bonds is 11. The maximum absolute atomic E-state index is 12.8. The van der Waals surface area contributed by atoms with Crippen LogP contribution in [0.25, 0.3) is 11.3 Å². The molecule has 2 heterocycles. The summed E-state index contributed by atoms with van der Waals surface area (Å²) >= 11 is 0. The SMILES string of the molecule is CCOc1ccccc1CC(=O)Nc1ccc(C2Cc3cnc(NCCCN4CCN(C)CC4)nc3-c3ccccc32)cc1. The van der Waals surface area contributed by atoms with Gasteiger partial charge in [-0.2, -0.15) is 0 Å². The van der Waals surface area contributed by atoms with Gasteiger partial charge in [0.25, 0.3) is 0 Å². The summed E-state index contributed by atoms with van der Waals surface area (Å²) in [6, 6.07) is 24.5. The molecule has 0 spiro atoms. The second kappa shape index (κ2) is 14.0. The monoisotopic (exact) mass is 590 g/mol. The van der Waals surface area contributed by atoms with E-state index in [1.165, 1.54) is 11.1 Å². The van der Waals surface area contributed by atoms with Crippen LogP contribution in [0.2, 0.25) is 0 Å². The van der Waals surface area contributed by atoms with Crippen molar-refractivity contribution >= 4 is 17.5 Å². The summed E-state index contributed by atoms with van der Waals surface area (Å²) in [6.07, 6.45) is 4.15. The van der Waals surface area contributed by atoms with E-state index in [9.17, 15) is 4.79 Å². The third-order valence-corrected chi connectivity index (χ3v) is 8.63. The minimum Gasteiger partial charge on any atom is -0.494 e. The number of nitrogens with one attached hydrogen (secondary N) is 2. The van der Waals surface area contributed by atoms with Crippen molar-refractivity contribution in [2.24, 2.45) is 0 Å². The van der Waals surface area contributed by atoms with Crippen LogP contribution >= 0.6 is 0 Å². The minimum atomic E-state index is -0.0669. The average molecular weight is 591 g/mol. The van der Waals surface area contributed by atoms with Crippen LogP contribution in [0.4, 0.5) is 11.6 Å². The van der Waals surface area contributed by atoms with Gasteiger partial charge in [0.15, 0.2) is 0 Å². The molecular weight excluding hydrogens is 548 g/mol. The molecule has 1 amide bonds. The molecule has 0 saturated carbocycles. The number of piperazine rings is 1. The number of likely N-dealkylation sites (N-methyl/N-ethyl adjacent to an activating group) is 1. The zero-order valence-corrected chi connectivity index (χ0v) is 25.8. The first kappa shape index (κ1) is 29.8. The molecule has 1 unspecified atom stereocenters. The molecule has 1 atom stereocenters. The van der Waals surface area contributed by atoms with Crippen LogP contribution in [0.5, 0.6) is 5.75 Å². The number of aromatic nitrogens is 2. The molecule has 1 saturated heterocycles. The first-order chi connectivity index (χ1) is 21.6. The highest BCUT2D eigenvalue weighted by Gasteiger charge is 2.27. The number of carbonyl (C=O) groups is 1. The van der Waals surface area contributed by atoms with Gasteiger partial charge < -0.3 is 25.2 Å². The van der Waals surface area contributed by atoms with Gasteiger partial charge in [0.2, 0.25) is 11.9 Å². The lowest BCUT2D eigenvalue weighted by molar-refractivity contribution is -0.115. The number of nitrogens with zero attached hydrogens (tertiary/aromatic N) is 4. The highest BCUT2D eigenvalue weighted by Crippen LogP contribution is 2.42. The van der Waals surface area contributed by atoms with E-state index in [0.717, 1.165) is 85.9 Å². The Hall–Kier alpha value is -4.27. The maximum Gasteiger partial charge on any atom is 0.228 e. The van der Waals surface area contributed by atoms with E-state index in [-0.39, 0.29) is 18.2 Å². The second-order valence-electron chi connectivity index (χ2n) is 11.7. The predicted octanol–water partition coefficient (Wildman–Crippen LogP) is 5.46. The molecule has 44 heavy (non-hydrogen) atoms. The summed E-state index contributed by atoms with van der Waals surface area (Å²) < 4.78 is 5.68. The lowest BCUT2D eigenvalue weighted by atomic mass is 9.78. The van der Waals surface area contributed by atoms with Crippen molar-refractivity contribution in [1.29, 1.82) is 0 Å². The number of hydrogen-bond donors (Lipinski definition) is 2. The fraction of sp³-hybridized carbons (Fsp3) is 0.361. The van der Waals surface area contributed by atoms with Gasteiger partial charge in [-0.05, 0) is 68.2 Å². The standard InChI is InChI=1S/C36H42N6O2/c1-3-44-33-12-7-4-9-27(33)24-34(43)39-29-15-13-26(14-16-29)32-23-28-25-38-36(40-35(28)31-11-6-5-10-30(31)32)37-17-8-18-42-21-19-41(2)20-22-42/h4-7,9-16,25,32H,3,8,17-24H2,1-2H3,(H,39,43)(H,37,38,40). The number of hydrogen-bond acceptors (Lipinski definition) is 7. The van der Waals surface area contributed by atoms with Gasteiger partial charge in [0, 0.05) is 61.7 Å². The Kier molecular flexibility index (Phi) is 9.48. The van der Waals surface area contributed by atoms with Gasteiger partial charge in [0.1, 0.15) is 5.75 Å². The van der Waals surface area contributed by atoms with E-state index in [4.69, 9.17) is 9.72 Å². The van der Waals surface area contributed by atoms with Crippen molar-refractivity contribution in [2.75, 3.05) is 63.6 Å². The Morgan fingerprint density at radius 2 is 1.75 bits per heavy atom. The van der Waals surface area contributed by atoms with Crippen molar-refractivity contribution in [3.05, 3.63) is 101 Å². The van der Waals surface area contributed by atoms with E-state index < -0.39 is 0 Å². The average Bonchev–Trinajstić information content (AvgIpc) is 3.05. The number of anilines is 2. The number of para-hydroxylation sites is 1. The van der Waals surface area contributed by atoms with Crippen molar-refractivity contribution in [3.63, 3.8) is 0 Å². The molecule has 8 heteroatoms. The molecule has 1 aliphatic carbocycles. The van der Waals surface area contributed by atoms with Gasteiger partial charge in [0.05, 0.1) is 18.7 Å². The Labute approximate surface area is 260 Å². The number of benzene rings is 3. The van der Waals surface area contributed by atoms with Crippen LogP contribution < -0.4 is 15.4 Å². The lowest BCUT2D eigenvalue weighted by Gasteiger charge is -2.32. The lowest BCUT2D eigenvalue weighted by Crippen LogP contribution is -2.44. The van der Waals surface area contributed by atoms with Crippen molar-refractivity contribution in [2.45, 2.75) is 32.1 Å². The Bertz CT molecular complexity index is 1570. The summed E-state index contributed by atoms with van der Waals surface area (Å²) in [5.41, 5.74) is 7.47. The van der Waals surface area contributed by atoms with Crippen LogP contribution in [-0.2, 0) is 17.6 Å². The smallest absolute Gasteiger partial charge is 0.228 e. The van der Waals surface area contributed by atoms with Gasteiger partial charge in [-0.25, -0.2) is 9.97 Å². The number of fused-ring (bicyclic) bond motifs is 3. The normalized spacial score (nSPS) is 16.5. The fourth-order valence-corrected chi connectivity index (χ4v) is 6.22. The minimum absolute atomic E-state index is 0.0669. The van der Waals surface area contributed by atoms with E-state index >= 15 is 0 Å². The summed E-state index contributed by atoms with van der Waals surface area (Å²) in [5.74, 6) is 1.57. The van der Waals surface area contributed by atoms with Crippen LogP contribution in [-0.4, -0.2) is 78.6 Å². The fourth-order valence-electron chi connectivity index (χ4n) is 6.22. The van der Waals surface area contributed by atoms with E-state index in [0.29, 0.717) is 12.6 Å². The molecule has 2 N–H and O–H groups in total. The summed E-state index contributed by atoms with van der Waals surface area (Å²) in [7, 11) is 2.19. The molecule has 1 fully saturated rings. The summed E-state index contributed by atoms with van der Waals surface area (Å²) in [5, 5.41) is 6.51. The largest absolute Gasteiger partial charge is 0.494 e. The molecule has 1 aliphatic heterocycles. The quantitative estimate of drug-likeness (QED) is 0.225. The Morgan fingerprint density at radius 3 is 2.57 bits per heavy atom. The van der Waals surface area contributed by atoms with Gasteiger partial charge >= 0.3 is 0 Å². The summed E-state index contributed by atoms with van der Waals surface area (Å²) in [6.45, 7) is 9.05. The first-order valence-corrected chi connectivity index (χ1v) is 15.8. The van der Waals surface area contributed by atoms with Gasteiger partial charge in [-0.15, -0.1) is 0 Å². The third-order valence-electron chi connectivity index (χ3n) is 8.63. The van der Waals surface area contributed by atoms with Crippen LogP contribution in [0, 0.1) is 0 Å². The molecule has 1 aromatic heterocycles. The van der Waals surface area contributed by atoms with Gasteiger partial charge in [-0.1, -0.05) is 54.6 Å². The highest BCUT2D eigenvalue weighted by atomic mass is 16.5. The maximum atomic E-state index is 12.8. The van der Waals surface area contributed by atoms with E-state index in [1.54, 1.807) is 0 Å². The molecule has 2 aliphatic rings. The van der Waals surface area contributed by atoms with E-state index in [2.05, 4.69) is 68.9 Å². The van der Waals surface area contributed by atoms with Crippen LogP contribution in [0.3, 0.4) is 0 Å². The second-order valence-corrected chi connectivity index (χ2v) is 11.7. The highest BCUT2D eigenvalue weighted by molar-refractivity contribution is 5.92. The van der Waals surface area contributed by atoms with Crippen molar-refractivity contribution < 1.29 is 9.53 Å². The van der Waals surface area contributed by atoms with Crippen molar-refractivity contribution in [1.82, 2.24) is 19.8 Å². The van der Waals surface area contributed by atoms with Crippen LogP contribution in [0.15, 0.2) is 79.0 Å². The molecule has 0 radical (unpaired) electrons.